The highest BCUT2D eigenvalue weighted by Crippen LogP contribution is 2.50. The highest BCUT2D eigenvalue weighted by Gasteiger charge is 2.45. The Morgan fingerprint density at radius 2 is 1.26 bits per heavy atom. The molecule has 109 heavy (non-hydrogen) atoms. The molecule has 0 radical (unpaired) electrons. The Hall–Kier alpha value is -9.19. The molecule has 6 aromatic rings. The fraction of sp³-hybridized carbons (Fsp3) is 0.366. The van der Waals surface area contributed by atoms with Crippen molar-refractivity contribution in [1.29, 1.82) is 0 Å². The number of hydrogen-bond donors (Lipinski definition) is 2. The van der Waals surface area contributed by atoms with Crippen LogP contribution < -0.4 is 19.7 Å². The number of ketones is 2. The number of fused-ring (bicyclic) bond motifs is 6. The van der Waals surface area contributed by atoms with Gasteiger partial charge in [-0.3, -0.25) is 18.7 Å². The molecule has 0 atom stereocenters. The molecule has 7 aliphatic rings. The predicted molar refractivity (Wildman–Crippen MR) is 421 cm³/mol. The average molecular weight is 1580 g/mol. The average Bonchev–Trinajstić information content (AvgIpc) is 1.58. The van der Waals surface area contributed by atoms with Crippen LogP contribution in [0.15, 0.2) is 201 Å². The van der Waals surface area contributed by atoms with Crippen LogP contribution in [0.1, 0.15) is 137 Å². The first-order valence-electron chi connectivity index (χ1n) is 36.1. The van der Waals surface area contributed by atoms with Gasteiger partial charge in [0.25, 0.3) is 20.2 Å². The standard InChI is InChI=1S/C45H43N3O7S2.C37H48N2O4S.2O3S/c1-45(2,3)44(49)30-18-22-46(23-19-30)56(50,51)42-11-7-5-9-37(42)43-35-15-12-32(47-24-20-29-8-4-6-10-38(29)47)27-40(35)55-41-28-33(13-16-36(41)43)48-25-21-31-26-34(57(52,53)54)14-17-39(31)48;1-9-38-31-24-23-27(44(41,42)43)26-29(31)37(7,8)32(38)20-12-10-13-21-33-36(5,6)28-18-15-16-19-30(28)39(33)25-17-11-14-22-34(40)35(2,3)4;2*1-4(2)3/h4-17,26-28,30H,18-25H2,1-3H3;10,12-13,15-16,18-21,23-24,26H,9,11,14,17,22,25H2,1-8H3;;/p+2. The number of unbranched alkanes of at least 4 members (excludes halogenated alkanes) is 2. The number of piperidine rings is 1. The highest BCUT2D eigenvalue weighted by molar-refractivity contribution is 7.89. The number of allylic oxidation sites excluding steroid dienone is 6. The number of nitrogens with zero attached hydrogens (tertiary/aromatic N) is 5. The molecule has 1 saturated heterocycles. The van der Waals surface area contributed by atoms with E-state index in [4.69, 9.17) is 29.7 Å². The summed E-state index contributed by atoms with van der Waals surface area (Å²) in [5.41, 5.74) is 13.1. The number of carbonyl (C=O) groups excluding carboxylic acids is 2. The van der Waals surface area contributed by atoms with E-state index in [0.29, 0.717) is 54.9 Å². The molecule has 1 aliphatic carbocycles. The molecule has 6 aliphatic heterocycles. The van der Waals surface area contributed by atoms with Gasteiger partial charge in [-0.2, -0.15) is 30.3 Å². The van der Waals surface area contributed by atoms with Gasteiger partial charge in [0.05, 0.1) is 26.2 Å². The van der Waals surface area contributed by atoms with E-state index in [-0.39, 0.29) is 50.3 Å². The molecule has 0 saturated carbocycles. The van der Waals surface area contributed by atoms with Crippen LogP contribution in [0, 0.1) is 16.7 Å². The van der Waals surface area contributed by atoms with Gasteiger partial charge in [0.15, 0.2) is 12.3 Å². The van der Waals surface area contributed by atoms with Crippen LogP contribution >= 0.6 is 0 Å². The highest BCUT2D eigenvalue weighted by atomic mass is 32.2. The van der Waals surface area contributed by atoms with Crippen LogP contribution in [0.5, 0.6) is 0 Å². The monoisotopic (exact) mass is 1580 g/mol. The van der Waals surface area contributed by atoms with Crippen molar-refractivity contribution in [3.05, 3.63) is 209 Å². The first kappa shape index (κ1) is 82.3. The number of likely N-dealkylation sites (N-methyl/N-ethyl adjacent to an activating group) is 1. The summed E-state index contributed by atoms with van der Waals surface area (Å²) in [4.78, 5) is 29.9. The quantitative estimate of drug-likeness (QED) is 0.0281. The van der Waals surface area contributed by atoms with Crippen LogP contribution in [0.2, 0.25) is 0 Å². The number of para-hydroxylation sites is 2. The molecule has 0 spiro atoms. The first-order chi connectivity index (χ1) is 51.2. The lowest BCUT2D eigenvalue weighted by Crippen LogP contribution is -2.42. The van der Waals surface area contributed by atoms with Crippen LogP contribution in [0.25, 0.3) is 33.4 Å². The summed E-state index contributed by atoms with van der Waals surface area (Å²) in [6, 6.07) is 45.6. The van der Waals surface area contributed by atoms with Gasteiger partial charge >= 0.3 is 21.2 Å². The number of sulfonamides is 1. The Balaban J connectivity index is 0.000000218. The van der Waals surface area contributed by atoms with E-state index >= 15 is 0 Å². The third-order valence-corrected chi connectivity index (χ3v) is 24.6. The molecule has 0 unspecified atom stereocenters. The Morgan fingerprint density at radius 1 is 0.615 bits per heavy atom. The molecule has 2 N–H and O–H groups in total. The number of hydrogen-bond acceptors (Lipinski definition) is 17. The molecule has 27 heteroatoms. The Labute approximate surface area is 641 Å². The van der Waals surface area contributed by atoms with E-state index in [1.165, 1.54) is 45.0 Å². The van der Waals surface area contributed by atoms with Crippen molar-refractivity contribution in [2.75, 3.05) is 49.1 Å². The minimum absolute atomic E-state index is 0.0831. The summed E-state index contributed by atoms with van der Waals surface area (Å²) in [6.07, 6.45) is 16.6. The molecule has 576 valence electrons. The van der Waals surface area contributed by atoms with Crippen molar-refractivity contribution in [3.63, 3.8) is 0 Å². The zero-order chi connectivity index (χ0) is 79.5. The van der Waals surface area contributed by atoms with Gasteiger partial charge in [-0.1, -0.05) is 128 Å². The minimum Gasteiger partial charge on any atom is -0.456 e. The summed E-state index contributed by atoms with van der Waals surface area (Å²) < 4.78 is 159. The molecule has 22 nitrogen and oxygen atoms in total. The molecular formula is C82H93N5O17S5+2. The summed E-state index contributed by atoms with van der Waals surface area (Å²) >= 11 is 0. The van der Waals surface area contributed by atoms with Crippen molar-refractivity contribution < 1.29 is 78.2 Å². The molecule has 1 fully saturated rings. The van der Waals surface area contributed by atoms with E-state index in [9.17, 15) is 43.9 Å². The van der Waals surface area contributed by atoms with E-state index in [1.807, 2.05) is 102 Å². The maximum atomic E-state index is 14.7. The second-order valence-corrected chi connectivity index (χ2v) is 36.3. The molecule has 6 heterocycles. The van der Waals surface area contributed by atoms with Crippen molar-refractivity contribution in [3.8, 4) is 22.5 Å². The van der Waals surface area contributed by atoms with Crippen molar-refractivity contribution in [2.45, 2.75) is 153 Å². The molecular weight excluding hydrogens is 1490 g/mol. The van der Waals surface area contributed by atoms with Gasteiger partial charge in [0.2, 0.25) is 26.8 Å². The third kappa shape index (κ3) is 18.2. The van der Waals surface area contributed by atoms with Crippen LogP contribution in [-0.2, 0) is 84.7 Å². The zero-order valence-electron chi connectivity index (χ0n) is 63.0. The SMILES string of the molecule is CC(C)(C)C(=O)C1CCN(S(=O)(=O)c2ccccc2-c2c3ccc(=[N+]4CCc5cc(S(=O)(=O)O)ccc54)cc-3oc3cc(N4CCc5ccccc54)ccc23)CC1.CCN1C(=CC=CC=CC2=[N+](CCCCCC(=O)C(C)(C)C)c3ccccc3C2(C)C)C(C)(C)c2cc(S(=O)(=O)O)ccc21.O=S(=O)=O.O=S(=O)=O. The van der Waals surface area contributed by atoms with E-state index < -0.39 is 62.3 Å². The fourth-order valence-electron chi connectivity index (χ4n) is 15.4. The molecule has 0 bridgehead atoms. The zero-order valence-corrected chi connectivity index (χ0v) is 67.1. The Bertz CT molecular complexity index is 5640. The molecule has 6 aromatic carbocycles. The lowest BCUT2D eigenvalue weighted by atomic mass is 9.79. The van der Waals surface area contributed by atoms with Crippen LogP contribution in [-0.4, -0.2) is 125 Å². The predicted octanol–water partition coefficient (Wildman–Crippen LogP) is 14.1. The van der Waals surface area contributed by atoms with Crippen molar-refractivity contribution >= 4 is 108 Å². The van der Waals surface area contributed by atoms with Crippen molar-refractivity contribution in [2.24, 2.45) is 16.7 Å². The largest absolute Gasteiger partial charge is 0.456 e. The summed E-state index contributed by atoms with van der Waals surface area (Å²) in [5.74, 6) is 0.888. The molecule has 13 rings (SSSR count). The van der Waals surface area contributed by atoms with Gasteiger partial charge < -0.3 is 14.2 Å². The molecule has 0 aromatic heterocycles. The maximum absolute atomic E-state index is 14.7. The Morgan fingerprint density at radius 3 is 1.93 bits per heavy atom. The third-order valence-electron chi connectivity index (χ3n) is 20.9. The fourth-order valence-corrected chi connectivity index (χ4v) is 18.1. The van der Waals surface area contributed by atoms with Crippen LogP contribution in [0.3, 0.4) is 0 Å². The van der Waals surface area contributed by atoms with Crippen LogP contribution in [0.4, 0.5) is 28.4 Å². The summed E-state index contributed by atoms with van der Waals surface area (Å²) in [6.45, 7) is 26.1. The number of carbonyl (C=O) groups is 2. The number of anilines is 3. The number of Topliss-reactive ketones (excluding diaryl/α,β-unsaturated/α-hetero) is 2. The minimum atomic E-state index is -4.34. The van der Waals surface area contributed by atoms with E-state index in [2.05, 4.69) is 120 Å². The van der Waals surface area contributed by atoms with Gasteiger partial charge in [0.1, 0.15) is 29.5 Å². The van der Waals surface area contributed by atoms with Gasteiger partial charge in [-0.05, 0) is 131 Å². The Kier molecular flexibility index (Phi) is 24.8. The van der Waals surface area contributed by atoms with Gasteiger partial charge in [-0.15, -0.1) is 25.3 Å². The van der Waals surface area contributed by atoms with Crippen molar-refractivity contribution in [1.82, 2.24) is 8.88 Å². The molecule has 0 amide bonds. The number of benzene rings is 7. The topological polar surface area (TPSA) is 308 Å². The van der Waals surface area contributed by atoms with Gasteiger partial charge in [0, 0.05) is 154 Å². The lowest BCUT2D eigenvalue weighted by molar-refractivity contribution is -0.438. The first-order valence-corrected chi connectivity index (χ1v) is 42.5. The number of rotatable bonds is 17. The van der Waals surface area contributed by atoms with E-state index in [1.54, 1.807) is 30.3 Å². The second-order valence-electron chi connectivity index (χ2n) is 30.7. The summed E-state index contributed by atoms with van der Waals surface area (Å²) in [5, 5.41) is 1.60. The smallest absolute Gasteiger partial charge is 0.425 e. The van der Waals surface area contributed by atoms with Gasteiger partial charge in [-0.25, -0.2) is 8.42 Å². The lowest BCUT2D eigenvalue weighted by Gasteiger charge is -2.33. The summed E-state index contributed by atoms with van der Waals surface area (Å²) in [7, 11) is -18.8. The maximum Gasteiger partial charge on any atom is 0.425 e. The normalized spacial score (nSPS) is 17.2. The second kappa shape index (κ2) is 32.8. The van der Waals surface area contributed by atoms with E-state index in [0.717, 1.165) is 107 Å².